The summed E-state index contributed by atoms with van der Waals surface area (Å²) in [5.41, 5.74) is 0.799. The van der Waals surface area contributed by atoms with Crippen molar-refractivity contribution in [2.75, 3.05) is 7.05 Å². The summed E-state index contributed by atoms with van der Waals surface area (Å²) in [6, 6.07) is 4.15. The molecule has 0 saturated heterocycles. The summed E-state index contributed by atoms with van der Waals surface area (Å²) in [4.78, 5) is 0. The summed E-state index contributed by atoms with van der Waals surface area (Å²) in [5.74, 6) is -1.57. The summed E-state index contributed by atoms with van der Waals surface area (Å²) in [6.07, 6.45) is 1.92. The largest absolute Gasteiger partial charge is 0.313 e. The van der Waals surface area contributed by atoms with Crippen LogP contribution in [0.3, 0.4) is 0 Å². The third-order valence-electron chi connectivity index (χ3n) is 2.27. The molecule has 0 aliphatic heterocycles. The lowest BCUT2D eigenvalue weighted by atomic mass is 10.0. The summed E-state index contributed by atoms with van der Waals surface area (Å²) >= 11 is 0. The highest BCUT2D eigenvalue weighted by atomic mass is 19.2. The van der Waals surface area contributed by atoms with Gasteiger partial charge in [0.2, 0.25) is 0 Å². The van der Waals surface area contributed by atoms with E-state index in [1.54, 1.807) is 6.07 Å². The molecule has 0 heterocycles. The predicted molar refractivity (Wildman–Crippen MR) is 53.1 cm³/mol. The van der Waals surface area contributed by atoms with Crippen molar-refractivity contribution in [1.82, 2.24) is 5.32 Å². The number of nitrogens with one attached hydrogen (secondary N) is 1. The van der Waals surface area contributed by atoms with Gasteiger partial charge in [0, 0.05) is 6.04 Å². The van der Waals surface area contributed by atoms with Crippen molar-refractivity contribution in [3.05, 3.63) is 35.4 Å². The molecule has 0 amide bonds. The maximum absolute atomic E-state index is 12.9. The first-order valence-corrected chi connectivity index (χ1v) is 4.81. The Labute approximate surface area is 83.1 Å². The zero-order chi connectivity index (χ0) is 10.6. The van der Waals surface area contributed by atoms with E-state index in [1.807, 2.05) is 7.05 Å². The summed E-state index contributed by atoms with van der Waals surface area (Å²) < 4.78 is 25.6. The van der Waals surface area contributed by atoms with Crippen LogP contribution in [0.4, 0.5) is 8.78 Å². The molecule has 1 rings (SSSR count). The van der Waals surface area contributed by atoms with Crippen LogP contribution in [0.1, 0.15) is 31.4 Å². The van der Waals surface area contributed by atoms with Gasteiger partial charge in [-0.15, -0.1) is 0 Å². The van der Waals surface area contributed by atoms with Gasteiger partial charge in [0.1, 0.15) is 0 Å². The first kappa shape index (κ1) is 11.1. The number of rotatable bonds is 4. The zero-order valence-corrected chi connectivity index (χ0v) is 8.48. The van der Waals surface area contributed by atoms with E-state index >= 15 is 0 Å². The highest BCUT2D eigenvalue weighted by Crippen LogP contribution is 2.19. The van der Waals surface area contributed by atoms with E-state index in [2.05, 4.69) is 12.2 Å². The Hall–Kier alpha value is -0.960. The minimum Gasteiger partial charge on any atom is -0.313 e. The normalized spacial score (nSPS) is 12.9. The second-order valence-corrected chi connectivity index (χ2v) is 3.30. The molecule has 0 spiro atoms. The monoisotopic (exact) mass is 199 g/mol. The Bertz CT molecular complexity index is 299. The van der Waals surface area contributed by atoms with Crippen molar-refractivity contribution >= 4 is 0 Å². The molecule has 78 valence electrons. The number of hydrogen-bond acceptors (Lipinski definition) is 1. The molecule has 1 unspecified atom stereocenters. The first-order valence-electron chi connectivity index (χ1n) is 4.81. The van der Waals surface area contributed by atoms with E-state index in [1.165, 1.54) is 12.1 Å². The van der Waals surface area contributed by atoms with Gasteiger partial charge in [-0.25, -0.2) is 8.78 Å². The van der Waals surface area contributed by atoms with E-state index in [0.29, 0.717) is 0 Å². The standard InChI is InChI=1S/C11H15F2N/c1-3-4-11(14-2)8-5-6-9(12)10(13)7-8/h5-7,11,14H,3-4H2,1-2H3. The Morgan fingerprint density at radius 3 is 2.50 bits per heavy atom. The summed E-state index contributed by atoms with van der Waals surface area (Å²) in [5, 5.41) is 3.08. The van der Waals surface area contributed by atoms with Crippen molar-refractivity contribution < 1.29 is 8.78 Å². The fraction of sp³-hybridized carbons (Fsp3) is 0.455. The first-order chi connectivity index (χ1) is 6.69. The van der Waals surface area contributed by atoms with Crippen LogP contribution >= 0.6 is 0 Å². The minimum absolute atomic E-state index is 0.107. The van der Waals surface area contributed by atoms with Crippen molar-refractivity contribution in [3.8, 4) is 0 Å². The van der Waals surface area contributed by atoms with E-state index in [9.17, 15) is 8.78 Å². The molecule has 0 aliphatic rings. The highest BCUT2D eigenvalue weighted by molar-refractivity contribution is 5.21. The molecular formula is C11H15F2N. The molecule has 14 heavy (non-hydrogen) atoms. The molecular weight excluding hydrogens is 184 g/mol. The Morgan fingerprint density at radius 1 is 1.29 bits per heavy atom. The summed E-state index contributed by atoms with van der Waals surface area (Å²) in [7, 11) is 1.82. The van der Waals surface area contributed by atoms with Gasteiger partial charge in [0.05, 0.1) is 0 Å². The van der Waals surface area contributed by atoms with Crippen LogP contribution in [-0.4, -0.2) is 7.05 Å². The smallest absolute Gasteiger partial charge is 0.159 e. The quantitative estimate of drug-likeness (QED) is 0.786. The highest BCUT2D eigenvalue weighted by Gasteiger charge is 2.10. The molecule has 0 radical (unpaired) electrons. The molecule has 0 fully saturated rings. The average Bonchev–Trinajstić information content (AvgIpc) is 2.19. The minimum atomic E-state index is -0.792. The Kier molecular flexibility index (Phi) is 4.01. The van der Waals surface area contributed by atoms with E-state index in [0.717, 1.165) is 18.4 Å². The maximum atomic E-state index is 12.9. The van der Waals surface area contributed by atoms with Gasteiger partial charge in [-0.2, -0.15) is 0 Å². The zero-order valence-electron chi connectivity index (χ0n) is 8.48. The molecule has 1 aromatic carbocycles. The van der Waals surface area contributed by atoms with Crippen LogP contribution in [0.15, 0.2) is 18.2 Å². The molecule has 0 aliphatic carbocycles. The van der Waals surface area contributed by atoms with Crippen molar-refractivity contribution in [3.63, 3.8) is 0 Å². The molecule has 0 bridgehead atoms. The fourth-order valence-corrected chi connectivity index (χ4v) is 1.50. The van der Waals surface area contributed by atoms with Crippen molar-refractivity contribution in [2.24, 2.45) is 0 Å². The van der Waals surface area contributed by atoms with Gasteiger partial charge < -0.3 is 5.32 Å². The number of benzene rings is 1. The van der Waals surface area contributed by atoms with Crippen LogP contribution in [0.5, 0.6) is 0 Å². The van der Waals surface area contributed by atoms with Gasteiger partial charge in [0.15, 0.2) is 11.6 Å². The predicted octanol–water partition coefficient (Wildman–Crippen LogP) is 3.03. The third kappa shape index (κ3) is 2.51. The second kappa shape index (κ2) is 5.05. The van der Waals surface area contributed by atoms with E-state index in [4.69, 9.17) is 0 Å². The van der Waals surface area contributed by atoms with Gasteiger partial charge in [0.25, 0.3) is 0 Å². The van der Waals surface area contributed by atoms with E-state index < -0.39 is 11.6 Å². The second-order valence-electron chi connectivity index (χ2n) is 3.30. The molecule has 1 atom stereocenters. The Morgan fingerprint density at radius 2 is 2.00 bits per heavy atom. The van der Waals surface area contributed by atoms with Gasteiger partial charge in [-0.05, 0) is 31.2 Å². The van der Waals surface area contributed by atoms with Crippen LogP contribution in [-0.2, 0) is 0 Å². The van der Waals surface area contributed by atoms with E-state index in [-0.39, 0.29) is 6.04 Å². The average molecular weight is 199 g/mol. The lowest BCUT2D eigenvalue weighted by molar-refractivity contribution is 0.495. The molecule has 1 N–H and O–H groups in total. The molecule has 0 aromatic heterocycles. The molecule has 1 aromatic rings. The lowest BCUT2D eigenvalue weighted by Gasteiger charge is -2.15. The van der Waals surface area contributed by atoms with Crippen LogP contribution in [0.2, 0.25) is 0 Å². The summed E-state index contributed by atoms with van der Waals surface area (Å²) in [6.45, 7) is 2.06. The molecule has 1 nitrogen and oxygen atoms in total. The lowest BCUT2D eigenvalue weighted by Crippen LogP contribution is -2.16. The van der Waals surface area contributed by atoms with Crippen LogP contribution < -0.4 is 5.32 Å². The van der Waals surface area contributed by atoms with Gasteiger partial charge in [-0.3, -0.25) is 0 Å². The molecule has 0 saturated carbocycles. The maximum Gasteiger partial charge on any atom is 0.159 e. The van der Waals surface area contributed by atoms with Crippen molar-refractivity contribution in [2.45, 2.75) is 25.8 Å². The van der Waals surface area contributed by atoms with Crippen LogP contribution in [0.25, 0.3) is 0 Å². The fourth-order valence-electron chi connectivity index (χ4n) is 1.50. The molecule has 3 heteroatoms. The van der Waals surface area contributed by atoms with Crippen molar-refractivity contribution in [1.29, 1.82) is 0 Å². The Balaban J connectivity index is 2.88. The SMILES string of the molecule is CCCC(NC)c1ccc(F)c(F)c1. The number of halogens is 2. The number of hydrogen-bond donors (Lipinski definition) is 1. The van der Waals surface area contributed by atoms with Crippen LogP contribution in [0, 0.1) is 11.6 Å². The topological polar surface area (TPSA) is 12.0 Å². The van der Waals surface area contributed by atoms with Gasteiger partial charge in [-0.1, -0.05) is 19.4 Å². The van der Waals surface area contributed by atoms with Gasteiger partial charge >= 0.3 is 0 Å². The third-order valence-corrected chi connectivity index (χ3v) is 2.27.